The van der Waals surface area contributed by atoms with Crippen molar-refractivity contribution in [2.75, 3.05) is 25.6 Å². The molecule has 0 atom stereocenters. The van der Waals surface area contributed by atoms with Gasteiger partial charge in [0.15, 0.2) is 5.96 Å². The lowest BCUT2D eigenvalue weighted by atomic mass is 10.1. The molecule has 0 amide bonds. The maximum atomic E-state index is 6.02. The van der Waals surface area contributed by atoms with Gasteiger partial charge in [-0.05, 0) is 42.7 Å². The summed E-state index contributed by atoms with van der Waals surface area (Å²) in [5, 5.41) is 3.14. The van der Waals surface area contributed by atoms with Gasteiger partial charge in [0.1, 0.15) is 12.4 Å². The Balaban J connectivity index is 2.04. The summed E-state index contributed by atoms with van der Waals surface area (Å²) in [6, 6.07) is 14.2. The second kappa shape index (κ2) is 9.69. The lowest BCUT2D eigenvalue weighted by Crippen LogP contribution is -2.22. The van der Waals surface area contributed by atoms with Gasteiger partial charge in [0.25, 0.3) is 0 Å². The first-order valence-electron chi connectivity index (χ1n) is 8.49. The molecule has 5 nitrogen and oxygen atoms in total. The van der Waals surface area contributed by atoms with Crippen LogP contribution >= 0.6 is 0 Å². The van der Waals surface area contributed by atoms with E-state index < -0.39 is 0 Å². The van der Waals surface area contributed by atoms with E-state index in [-0.39, 0.29) is 0 Å². The van der Waals surface area contributed by atoms with Crippen LogP contribution in [0.15, 0.2) is 47.5 Å². The van der Waals surface area contributed by atoms with Crippen LogP contribution in [-0.2, 0) is 17.7 Å². The zero-order valence-corrected chi connectivity index (χ0v) is 15.2. The predicted octanol–water partition coefficient (Wildman–Crippen LogP) is 3.51. The number of ether oxygens (including phenoxy) is 2. The molecular formula is C20H27N3O2. The number of aryl methyl sites for hydroxylation is 2. The zero-order chi connectivity index (χ0) is 18.1. The van der Waals surface area contributed by atoms with E-state index in [4.69, 9.17) is 15.2 Å². The molecule has 0 aliphatic rings. The number of aliphatic imine (C=N–C) groups is 1. The highest BCUT2D eigenvalue weighted by molar-refractivity contribution is 5.92. The van der Waals surface area contributed by atoms with Gasteiger partial charge in [-0.3, -0.25) is 0 Å². The second-order valence-corrected chi connectivity index (χ2v) is 5.83. The maximum Gasteiger partial charge on any atom is 0.193 e. The highest BCUT2D eigenvalue weighted by atomic mass is 16.5. The molecule has 0 aliphatic carbocycles. The maximum absolute atomic E-state index is 6.02. The molecule has 0 bridgehead atoms. The van der Waals surface area contributed by atoms with Gasteiger partial charge in [-0.25, -0.2) is 4.99 Å². The van der Waals surface area contributed by atoms with Crippen LogP contribution < -0.4 is 15.8 Å². The Bertz CT molecular complexity index is 714. The Morgan fingerprint density at radius 2 is 2.00 bits per heavy atom. The lowest BCUT2D eigenvalue weighted by Gasteiger charge is -2.12. The SMILES string of the molecule is CCc1cccc(NC(N)=NCc2ccc(C)cc2OCCOC)c1. The highest BCUT2D eigenvalue weighted by Crippen LogP contribution is 2.21. The van der Waals surface area contributed by atoms with Gasteiger partial charge < -0.3 is 20.5 Å². The Hall–Kier alpha value is -2.53. The Morgan fingerprint density at radius 3 is 2.76 bits per heavy atom. The van der Waals surface area contributed by atoms with Crippen molar-refractivity contribution in [1.29, 1.82) is 0 Å². The molecule has 0 saturated carbocycles. The molecule has 5 heteroatoms. The van der Waals surface area contributed by atoms with Crippen LogP contribution in [-0.4, -0.2) is 26.3 Å². The normalized spacial score (nSPS) is 11.4. The van der Waals surface area contributed by atoms with Crippen LogP contribution in [0, 0.1) is 6.92 Å². The third kappa shape index (κ3) is 6.12. The fraction of sp³-hybridized carbons (Fsp3) is 0.350. The Labute approximate surface area is 149 Å². The summed E-state index contributed by atoms with van der Waals surface area (Å²) in [7, 11) is 1.66. The van der Waals surface area contributed by atoms with Gasteiger partial charge in [-0.15, -0.1) is 0 Å². The van der Waals surface area contributed by atoms with E-state index in [1.165, 1.54) is 5.56 Å². The average molecular weight is 341 g/mol. The number of hydrogen-bond donors (Lipinski definition) is 2. The molecular weight excluding hydrogens is 314 g/mol. The largest absolute Gasteiger partial charge is 0.491 e. The summed E-state index contributed by atoms with van der Waals surface area (Å²) < 4.78 is 10.8. The minimum Gasteiger partial charge on any atom is -0.491 e. The van der Waals surface area contributed by atoms with Crippen LogP contribution in [0.25, 0.3) is 0 Å². The minimum atomic E-state index is 0.386. The van der Waals surface area contributed by atoms with Crippen molar-refractivity contribution in [3.63, 3.8) is 0 Å². The topological polar surface area (TPSA) is 68.9 Å². The molecule has 25 heavy (non-hydrogen) atoms. The van der Waals surface area contributed by atoms with Crippen LogP contribution in [0.3, 0.4) is 0 Å². The molecule has 0 heterocycles. The minimum absolute atomic E-state index is 0.386. The highest BCUT2D eigenvalue weighted by Gasteiger charge is 2.05. The number of nitrogens with zero attached hydrogens (tertiary/aromatic N) is 1. The molecule has 2 aromatic carbocycles. The Morgan fingerprint density at radius 1 is 1.16 bits per heavy atom. The van der Waals surface area contributed by atoms with Crippen molar-refractivity contribution in [2.24, 2.45) is 10.7 Å². The van der Waals surface area contributed by atoms with Crippen molar-refractivity contribution < 1.29 is 9.47 Å². The molecule has 2 rings (SSSR count). The van der Waals surface area contributed by atoms with Crippen molar-refractivity contribution in [3.8, 4) is 5.75 Å². The molecule has 2 aromatic rings. The standard InChI is InChI=1S/C20H27N3O2/c1-4-16-6-5-7-18(13-16)23-20(21)22-14-17-9-8-15(2)12-19(17)25-11-10-24-3/h5-9,12-13H,4,10-11,14H2,1-3H3,(H3,21,22,23). The van der Waals surface area contributed by atoms with E-state index in [9.17, 15) is 0 Å². The van der Waals surface area contributed by atoms with Gasteiger partial charge in [-0.2, -0.15) is 0 Å². The van der Waals surface area contributed by atoms with Crippen molar-refractivity contribution in [2.45, 2.75) is 26.8 Å². The van der Waals surface area contributed by atoms with Crippen LogP contribution in [0.2, 0.25) is 0 Å². The number of hydrogen-bond acceptors (Lipinski definition) is 3. The first-order valence-corrected chi connectivity index (χ1v) is 8.49. The number of benzene rings is 2. The van der Waals surface area contributed by atoms with Crippen LogP contribution in [0.5, 0.6) is 5.75 Å². The van der Waals surface area contributed by atoms with E-state index in [1.54, 1.807) is 7.11 Å². The first-order chi connectivity index (χ1) is 12.1. The van der Waals surface area contributed by atoms with Gasteiger partial charge in [-0.1, -0.05) is 31.2 Å². The molecule has 0 spiro atoms. The van der Waals surface area contributed by atoms with Gasteiger partial charge >= 0.3 is 0 Å². The lowest BCUT2D eigenvalue weighted by molar-refractivity contribution is 0.146. The Kier molecular flexibility index (Phi) is 7.29. The summed E-state index contributed by atoms with van der Waals surface area (Å²) in [5.74, 6) is 1.21. The van der Waals surface area contributed by atoms with Gasteiger partial charge in [0, 0.05) is 18.4 Å². The van der Waals surface area contributed by atoms with Crippen molar-refractivity contribution >= 4 is 11.6 Å². The van der Waals surface area contributed by atoms with Gasteiger partial charge in [0.2, 0.25) is 0 Å². The third-order valence-corrected chi connectivity index (χ3v) is 3.80. The van der Waals surface area contributed by atoms with E-state index in [1.807, 2.05) is 37.3 Å². The van der Waals surface area contributed by atoms with E-state index in [0.717, 1.165) is 29.0 Å². The fourth-order valence-electron chi connectivity index (χ4n) is 2.39. The molecule has 0 fully saturated rings. The van der Waals surface area contributed by atoms with Gasteiger partial charge in [0.05, 0.1) is 13.2 Å². The van der Waals surface area contributed by atoms with E-state index in [2.05, 4.69) is 29.4 Å². The number of anilines is 1. The summed E-state index contributed by atoms with van der Waals surface area (Å²) in [5.41, 5.74) is 10.4. The number of nitrogens with two attached hydrogens (primary N) is 1. The molecule has 134 valence electrons. The van der Waals surface area contributed by atoms with E-state index in [0.29, 0.717) is 25.7 Å². The summed E-state index contributed by atoms with van der Waals surface area (Å²) in [6.07, 6.45) is 0.984. The average Bonchev–Trinajstić information content (AvgIpc) is 2.61. The van der Waals surface area contributed by atoms with Crippen molar-refractivity contribution in [1.82, 2.24) is 0 Å². The smallest absolute Gasteiger partial charge is 0.193 e. The summed E-state index contributed by atoms with van der Waals surface area (Å²) >= 11 is 0. The number of nitrogens with one attached hydrogen (secondary N) is 1. The molecule has 3 N–H and O–H groups in total. The molecule has 0 aliphatic heterocycles. The number of rotatable bonds is 8. The van der Waals surface area contributed by atoms with Crippen molar-refractivity contribution in [3.05, 3.63) is 59.2 Å². The quantitative estimate of drug-likeness (QED) is 0.438. The molecule has 0 radical (unpaired) electrons. The van der Waals surface area contributed by atoms with Crippen LogP contribution in [0.4, 0.5) is 5.69 Å². The monoisotopic (exact) mass is 341 g/mol. The molecule has 0 saturated heterocycles. The van der Waals surface area contributed by atoms with E-state index >= 15 is 0 Å². The summed E-state index contributed by atoms with van der Waals surface area (Å²) in [4.78, 5) is 4.44. The van der Waals surface area contributed by atoms with Crippen LogP contribution in [0.1, 0.15) is 23.6 Å². The molecule has 0 aromatic heterocycles. The first kappa shape index (κ1) is 18.8. The molecule has 0 unspecified atom stereocenters. The predicted molar refractivity (Wildman–Crippen MR) is 103 cm³/mol. The zero-order valence-electron chi connectivity index (χ0n) is 15.2. The summed E-state index contributed by atoms with van der Waals surface area (Å²) in [6.45, 7) is 5.67. The fourth-order valence-corrected chi connectivity index (χ4v) is 2.39. The third-order valence-electron chi connectivity index (χ3n) is 3.80. The second-order valence-electron chi connectivity index (χ2n) is 5.83. The number of methoxy groups -OCH3 is 1. The number of guanidine groups is 1.